The van der Waals surface area contributed by atoms with E-state index in [1.165, 1.54) is 19.3 Å². The van der Waals surface area contributed by atoms with Crippen molar-refractivity contribution in [3.05, 3.63) is 0 Å². The Kier molecular flexibility index (Phi) is 13.7. The van der Waals surface area contributed by atoms with Crippen molar-refractivity contribution in [2.45, 2.75) is 45.4 Å². The molecule has 0 radical (unpaired) electrons. The molecular formula is C10H25NO3S. The maximum absolute atomic E-state index is 10.3. The van der Waals surface area contributed by atoms with Crippen LogP contribution in [-0.4, -0.2) is 32.8 Å². The Labute approximate surface area is 94.2 Å². The summed E-state index contributed by atoms with van der Waals surface area (Å²) in [7, 11) is 0.0331. The fourth-order valence-electron chi connectivity index (χ4n) is 1.06. The largest absolute Gasteiger partial charge is 0.323 e. The standard InChI is InChI=1S/C8H18O3S.C2H7N/c1-2-3-4-5-6-7-8-12(9,10)11;1-3-2/h2-8H2,1H3,(H,9,10,11);3H,1-2H3. The first-order chi connectivity index (χ1) is 6.97. The summed E-state index contributed by atoms with van der Waals surface area (Å²) in [6, 6.07) is 0. The van der Waals surface area contributed by atoms with E-state index in [0.29, 0.717) is 6.42 Å². The van der Waals surface area contributed by atoms with E-state index in [0.717, 1.165) is 12.8 Å². The third-order valence-electron chi connectivity index (χ3n) is 1.76. The van der Waals surface area contributed by atoms with Crippen LogP contribution in [0.4, 0.5) is 0 Å². The monoisotopic (exact) mass is 239 g/mol. The molecule has 0 spiro atoms. The van der Waals surface area contributed by atoms with E-state index in [1.807, 2.05) is 14.1 Å². The molecule has 0 amide bonds. The van der Waals surface area contributed by atoms with Crippen LogP contribution in [0.1, 0.15) is 45.4 Å². The topological polar surface area (TPSA) is 66.4 Å². The van der Waals surface area contributed by atoms with Crippen LogP contribution in [0.5, 0.6) is 0 Å². The number of hydrogen-bond donors (Lipinski definition) is 2. The summed E-state index contributed by atoms with van der Waals surface area (Å²) in [6.45, 7) is 2.14. The molecule has 0 aliphatic carbocycles. The Morgan fingerprint density at radius 3 is 1.80 bits per heavy atom. The lowest BCUT2D eigenvalue weighted by atomic mass is 10.1. The van der Waals surface area contributed by atoms with E-state index in [2.05, 4.69) is 12.2 Å². The zero-order valence-corrected chi connectivity index (χ0v) is 10.9. The van der Waals surface area contributed by atoms with Gasteiger partial charge in [-0.15, -0.1) is 0 Å². The summed E-state index contributed by atoms with van der Waals surface area (Å²) >= 11 is 0. The molecule has 0 rings (SSSR count). The highest BCUT2D eigenvalue weighted by atomic mass is 32.2. The maximum atomic E-state index is 10.3. The van der Waals surface area contributed by atoms with Crippen LogP contribution in [0.2, 0.25) is 0 Å². The minimum absolute atomic E-state index is 0.0842. The van der Waals surface area contributed by atoms with Crippen molar-refractivity contribution in [3.8, 4) is 0 Å². The van der Waals surface area contributed by atoms with Gasteiger partial charge in [-0.1, -0.05) is 39.0 Å². The maximum Gasteiger partial charge on any atom is 0.264 e. The van der Waals surface area contributed by atoms with Gasteiger partial charge < -0.3 is 5.32 Å². The molecule has 2 N–H and O–H groups in total. The van der Waals surface area contributed by atoms with Crippen LogP contribution in [0.15, 0.2) is 0 Å². The van der Waals surface area contributed by atoms with Crippen molar-refractivity contribution in [1.82, 2.24) is 5.32 Å². The Bertz CT molecular complexity index is 203. The van der Waals surface area contributed by atoms with Crippen LogP contribution >= 0.6 is 0 Å². The number of nitrogens with one attached hydrogen (secondary N) is 1. The second kappa shape index (κ2) is 11.9. The van der Waals surface area contributed by atoms with Crippen molar-refractivity contribution in [2.75, 3.05) is 19.8 Å². The van der Waals surface area contributed by atoms with Gasteiger partial charge in [0.25, 0.3) is 10.1 Å². The predicted octanol–water partition coefficient (Wildman–Crippen LogP) is 2.07. The smallest absolute Gasteiger partial charge is 0.264 e. The molecule has 0 atom stereocenters. The van der Waals surface area contributed by atoms with Gasteiger partial charge in [-0.25, -0.2) is 0 Å². The average Bonchev–Trinajstić information content (AvgIpc) is 2.11. The quantitative estimate of drug-likeness (QED) is 0.527. The highest BCUT2D eigenvalue weighted by molar-refractivity contribution is 7.85. The molecule has 0 aliphatic rings. The SMILES string of the molecule is CCCCCCCCS(=O)(=O)O.CNC. The molecule has 0 fully saturated rings. The van der Waals surface area contributed by atoms with Crippen LogP contribution in [-0.2, 0) is 10.1 Å². The van der Waals surface area contributed by atoms with E-state index >= 15 is 0 Å². The van der Waals surface area contributed by atoms with Crippen LogP contribution in [0, 0.1) is 0 Å². The molecule has 0 saturated heterocycles. The van der Waals surface area contributed by atoms with Gasteiger partial charge in [-0.05, 0) is 20.5 Å². The third-order valence-corrected chi connectivity index (χ3v) is 2.56. The first-order valence-corrected chi connectivity index (χ1v) is 7.12. The van der Waals surface area contributed by atoms with Crippen molar-refractivity contribution in [1.29, 1.82) is 0 Å². The Morgan fingerprint density at radius 2 is 1.40 bits per heavy atom. The molecule has 0 saturated carbocycles. The van der Waals surface area contributed by atoms with Gasteiger partial charge in [-0.3, -0.25) is 4.55 Å². The third kappa shape index (κ3) is 24.8. The summed E-state index contributed by atoms with van der Waals surface area (Å²) in [6.07, 6.45) is 6.14. The van der Waals surface area contributed by atoms with Gasteiger partial charge in [0, 0.05) is 0 Å². The molecule has 15 heavy (non-hydrogen) atoms. The zero-order valence-electron chi connectivity index (χ0n) is 10.1. The van der Waals surface area contributed by atoms with Gasteiger partial charge in [0.2, 0.25) is 0 Å². The molecule has 0 aliphatic heterocycles. The van der Waals surface area contributed by atoms with Gasteiger partial charge >= 0.3 is 0 Å². The Hall–Kier alpha value is -0.130. The summed E-state index contributed by atoms with van der Waals surface area (Å²) in [5, 5.41) is 2.75. The lowest BCUT2D eigenvalue weighted by Gasteiger charge is -1.98. The lowest BCUT2D eigenvalue weighted by molar-refractivity contribution is 0.478. The number of unbranched alkanes of at least 4 members (excludes halogenated alkanes) is 5. The van der Waals surface area contributed by atoms with Crippen LogP contribution in [0.25, 0.3) is 0 Å². The number of hydrogen-bond acceptors (Lipinski definition) is 3. The Balaban J connectivity index is 0. The Morgan fingerprint density at radius 1 is 1.00 bits per heavy atom. The molecule has 4 nitrogen and oxygen atoms in total. The van der Waals surface area contributed by atoms with Gasteiger partial charge in [-0.2, -0.15) is 8.42 Å². The molecule has 0 unspecified atom stereocenters. The van der Waals surface area contributed by atoms with Gasteiger partial charge in [0.05, 0.1) is 5.75 Å². The molecule has 0 heterocycles. The van der Waals surface area contributed by atoms with E-state index < -0.39 is 10.1 Å². The fourth-order valence-corrected chi connectivity index (χ4v) is 1.63. The summed E-state index contributed by atoms with van der Waals surface area (Å²) in [5.41, 5.74) is 0. The molecule has 5 heteroatoms. The van der Waals surface area contributed by atoms with Gasteiger partial charge in [0.1, 0.15) is 0 Å². The van der Waals surface area contributed by atoms with Crippen molar-refractivity contribution in [2.24, 2.45) is 0 Å². The molecule has 0 bridgehead atoms. The van der Waals surface area contributed by atoms with Gasteiger partial charge in [0.15, 0.2) is 0 Å². The predicted molar refractivity (Wildman–Crippen MR) is 64.8 cm³/mol. The second-order valence-corrected chi connectivity index (χ2v) is 5.13. The first-order valence-electron chi connectivity index (χ1n) is 5.51. The van der Waals surface area contributed by atoms with E-state index in [-0.39, 0.29) is 5.75 Å². The van der Waals surface area contributed by atoms with Crippen molar-refractivity contribution in [3.63, 3.8) is 0 Å². The van der Waals surface area contributed by atoms with E-state index in [4.69, 9.17) is 4.55 Å². The second-order valence-electron chi connectivity index (χ2n) is 3.55. The normalized spacial score (nSPS) is 10.7. The molecule has 0 aromatic heterocycles. The fraction of sp³-hybridized carbons (Fsp3) is 1.00. The van der Waals surface area contributed by atoms with Crippen LogP contribution < -0.4 is 5.32 Å². The van der Waals surface area contributed by atoms with Crippen LogP contribution in [0.3, 0.4) is 0 Å². The minimum Gasteiger partial charge on any atom is -0.323 e. The zero-order chi connectivity index (χ0) is 12.2. The minimum atomic E-state index is -3.72. The summed E-state index contributed by atoms with van der Waals surface area (Å²) < 4.78 is 28.9. The number of rotatable bonds is 7. The highest BCUT2D eigenvalue weighted by Gasteiger charge is 2.02. The molecular weight excluding hydrogens is 214 g/mol. The lowest BCUT2D eigenvalue weighted by Crippen LogP contribution is -2.03. The van der Waals surface area contributed by atoms with Crippen molar-refractivity contribution < 1.29 is 13.0 Å². The molecule has 94 valence electrons. The summed E-state index contributed by atoms with van der Waals surface area (Å²) in [4.78, 5) is 0. The van der Waals surface area contributed by atoms with E-state index in [1.54, 1.807) is 0 Å². The summed E-state index contributed by atoms with van der Waals surface area (Å²) in [5.74, 6) is -0.0842. The van der Waals surface area contributed by atoms with Crippen molar-refractivity contribution >= 4 is 10.1 Å². The highest BCUT2D eigenvalue weighted by Crippen LogP contribution is 2.05. The molecule has 0 aromatic rings. The first kappa shape index (κ1) is 17.3. The molecule has 0 aromatic carbocycles. The van der Waals surface area contributed by atoms with E-state index in [9.17, 15) is 8.42 Å². The average molecular weight is 239 g/mol.